The van der Waals surface area contributed by atoms with Crippen molar-refractivity contribution in [3.8, 4) is 28.2 Å². The van der Waals surface area contributed by atoms with Crippen LogP contribution in [0.3, 0.4) is 0 Å². The summed E-state index contributed by atoms with van der Waals surface area (Å²) in [5, 5.41) is 15.0. The third kappa shape index (κ3) is 3.55. The van der Waals surface area contributed by atoms with Crippen molar-refractivity contribution in [1.29, 1.82) is 0 Å². The van der Waals surface area contributed by atoms with Crippen molar-refractivity contribution >= 4 is 17.6 Å². The molecule has 0 fully saturated rings. The molecule has 0 saturated carbocycles. The standard InChI is InChI=1S/C23H17ClN2O2/c24-18-11-13-19(14-12-18)26-23(17-9-5-2-6-10-17)20(15-21(27)28)22(25-26)16-7-3-1-4-8-16/h1-14H,15H2,(H,27,28). The van der Waals surface area contributed by atoms with Gasteiger partial charge in [0, 0.05) is 21.7 Å². The molecule has 1 aromatic heterocycles. The zero-order valence-electron chi connectivity index (χ0n) is 14.9. The normalized spacial score (nSPS) is 10.8. The van der Waals surface area contributed by atoms with Gasteiger partial charge >= 0.3 is 5.97 Å². The van der Waals surface area contributed by atoms with Crippen LogP contribution in [0.15, 0.2) is 84.9 Å². The van der Waals surface area contributed by atoms with Crippen LogP contribution in [0.2, 0.25) is 5.02 Å². The molecule has 0 aliphatic carbocycles. The number of hydrogen-bond donors (Lipinski definition) is 1. The maximum absolute atomic E-state index is 11.7. The van der Waals surface area contributed by atoms with Gasteiger partial charge in [0.2, 0.25) is 0 Å². The van der Waals surface area contributed by atoms with Crippen molar-refractivity contribution in [2.24, 2.45) is 0 Å². The number of carboxylic acids is 1. The van der Waals surface area contributed by atoms with E-state index in [2.05, 4.69) is 0 Å². The number of nitrogens with zero attached hydrogens (tertiary/aromatic N) is 2. The van der Waals surface area contributed by atoms with Crippen LogP contribution in [0.1, 0.15) is 5.56 Å². The zero-order valence-corrected chi connectivity index (χ0v) is 15.7. The highest BCUT2D eigenvalue weighted by Crippen LogP contribution is 2.35. The Labute approximate surface area is 167 Å². The number of carbonyl (C=O) groups is 1. The molecule has 0 saturated heterocycles. The molecule has 1 heterocycles. The van der Waals surface area contributed by atoms with Crippen LogP contribution < -0.4 is 0 Å². The van der Waals surface area contributed by atoms with E-state index in [0.29, 0.717) is 16.3 Å². The van der Waals surface area contributed by atoms with E-state index < -0.39 is 5.97 Å². The topological polar surface area (TPSA) is 55.1 Å². The van der Waals surface area contributed by atoms with Crippen LogP contribution in [0.4, 0.5) is 0 Å². The molecule has 28 heavy (non-hydrogen) atoms. The summed E-state index contributed by atoms with van der Waals surface area (Å²) in [6, 6.07) is 26.7. The predicted octanol–water partition coefficient (Wildman–Crippen LogP) is 5.49. The summed E-state index contributed by atoms with van der Waals surface area (Å²) in [5.41, 5.74) is 4.71. The third-order valence-electron chi connectivity index (χ3n) is 4.48. The van der Waals surface area contributed by atoms with Gasteiger partial charge in [-0.2, -0.15) is 5.10 Å². The molecule has 0 atom stereocenters. The fourth-order valence-electron chi connectivity index (χ4n) is 3.26. The fraction of sp³-hybridized carbons (Fsp3) is 0.0435. The Kier molecular flexibility index (Phi) is 4.96. The largest absolute Gasteiger partial charge is 0.481 e. The lowest BCUT2D eigenvalue weighted by atomic mass is 9.99. The van der Waals surface area contributed by atoms with Crippen LogP contribution in [-0.2, 0) is 11.2 Å². The molecule has 138 valence electrons. The lowest BCUT2D eigenvalue weighted by Crippen LogP contribution is -2.04. The smallest absolute Gasteiger partial charge is 0.307 e. The Morgan fingerprint density at radius 2 is 1.43 bits per heavy atom. The second kappa shape index (κ2) is 7.71. The molecule has 1 N–H and O–H groups in total. The highest BCUT2D eigenvalue weighted by Gasteiger charge is 2.23. The molecule has 5 heteroatoms. The molecule has 0 radical (unpaired) electrons. The van der Waals surface area contributed by atoms with E-state index in [-0.39, 0.29) is 6.42 Å². The Hall–Kier alpha value is -3.37. The Bertz CT molecular complexity index is 1100. The summed E-state index contributed by atoms with van der Waals surface area (Å²) >= 11 is 6.05. The minimum Gasteiger partial charge on any atom is -0.481 e. The van der Waals surface area contributed by atoms with Gasteiger partial charge in [-0.05, 0) is 24.3 Å². The second-order valence-electron chi connectivity index (χ2n) is 6.37. The van der Waals surface area contributed by atoms with E-state index in [1.165, 1.54) is 0 Å². The third-order valence-corrected chi connectivity index (χ3v) is 4.73. The van der Waals surface area contributed by atoms with Crippen molar-refractivity contribution in [1.82, 2.24) is 9.78 Å². The molecular weight excluding hydrogens is 372 g/mol. The molecule has 0 aliphatic rings. The molecule has 0 amide bonds. The number of halogens is 1. The number of hydrogen-bond acceptors (Lipinski definition) is 2. The van der Waals surface area contributed by atoms with Crippen LogP contribution in [0, 0.1) is 0 Å². The van der Waals surface area contributed by atoms with Crippen LogP contribution in [-0.4, -0.2) is 20.9 Å². The van der Waals surface area contributed by atoms with Crippen molar-refractivity contribution in [2.75, 3.05) is 0 Å². The van der Waals surface area contributed by atoms with Crippen molar-refractivity contribution in [3.63, 3.8) is 0 Å². The van der Waals surface area contributed by atoms with E-state index >= 15 is 0 Å². The molecule has 4 aromatic rings. The second-order valence-corrected chi connectivity index (χ2v) is 6.80. The summed E-state index contributed by atoms with van der Waals surface area (Å²) in [7, 11) is 0. The first kappa shape index (κ1) is 18.0. The van der Waals surface area contributed by atoms with Crippen molar-refractivity contribution in [2.45, 2.75) is 6.42 Å². The molecule has 0 unspecified atom stereocenters. The van der Waals surface area contributed by atoms with Gasteiger partial charge in [-0.1, -0.05) is 72.3 Å². The van der Waals surface area contributed by atoms with Gasteiger partial charge < -0.3 is 5.11 Å². The number of aromatic nitrogens is 2. The monoisotopic (exact) mass is 388 g/mol. The van der Waals surface area contributed by atoms with Gasteiger partial charge in [-0.25, -0.2) is 4.68 Å². The van der Waals surface area contributed by atoms with Crippen LogP contribution >= 0.6 is 11.6 Å². The summed E-state index contributed by atoms with van der Waals surface area (Å²) in [6.07, 6.45) is -0.123. The molecule has 0 spiro atoms. The van der Waals surface area contributed by atoms with Gasteiger partial charge in [0.25, 0.3) is 0 Å². The van der Waals surface area contributed by atoms with Crippen LogP contribution in [0.25, 0.3) is 28.2 Å². The Morgan fingerprint density at radius 3 is 2.00 bits per heavy atom. The molecule has 4 rings (SSSR count). The van der Waals surface area contributed by atoms with Gasteiger partial charge in [0.15, 0.2) is 0 Å². The number of benzene rings is 3. The lowest BCUT2D eigenvalue weighted by molar-refractivity contribution is -0.136. The van der Waals surface area contributed by atoms with Crippen molar-refractivity contribution < 1.29 is 9.90 Å². The molecule has 4 nitrogen and oxygen atoms in total. The Morgan fingerprint density at radius 1 is 0.857 bits per heavy atom. The first-order valence-electron chi connectivity index (χ1n) is 8.84. The first-order valence-corrected chi connectivity index (χ1v) is 9.22. The minimum atomic E-state index is -0.898. The molecule has 0 bridgehead atoms. The quantitative estimate of drug-likeness (QED) is 0.492. The zero-order chi connectivity index (χ0) is 19.5. The lowest BCUT2D eigenvalue weighted by Gasteiger charge is -2.10. The number of rotatable bonds is 5. The predicted molar refractivity (Wildman–Crippen MR) is 111 cm³/mol. The van der Waals surface area contributed by atoms with Crippen LogP contribution in [0.5, 0.6) is 0 Å². The number of carboxylic acid groups (broad SMARTS) is 1. The summed E-state index contributed by atoms with van der Waals surface area (Å²) in [6.45, 7) is 0. The average molecular weight is 389 g/mol. The SMILES string of the molecule is O=C(O)Cc1c(-c2ccccc2)nn(-c2ccc(Cl)cc2)c1-c1ccccc1. The highest BCUT2D eigenvalue weighted by molar-refractivity contribution is 6.30. The van der Waals surface area contributed by atoms with E-state index in [4.69, 9.17) is 16.7 Å². The first-order chi connectivity index (χ1) is 13.6. The highest BCUT2D eigenvalue weighted by atomic mass is 35.5. The Balaban J connectivity index is 2.03. The molecule has 3 aromatic carbocycles. The summed E-state index contributed by atoms with van der Waals surface area (Å²) in [4.78, 5) is 11.7. The van der Waals surface area contributed by atoms with Gasteiger partial charge in [0.05, 0.1) is 23.5 Å². The van der Waals surface area contributed by atoms with Gasteiger partial charge in [-0.3, -0.25) is 4.79 Å². The molecule has 0 aliphatic heterocycles. The van der Waals surface area contributed by atoms with E-state index in [1.54, 1.807) is 16.8 Å². The van der Waals surface area contributed by atoms with E-state index in [9.17, 15) is 9.90 Å². The van der Waals surface area contributed by atoms with E-state index in [0.717, 1.165) is 22.5 Å². The maximum atomic E-state index is 11.7. The van der Waals surface area contributed by atoms with Gasteiger partial charge in [-0.15, -0.1) is 0 Å². The van der Waals surface area contributed by atoms with Crippen molar-refractivity contribution in [3.05, 3.63) is 95.5 Å². The van der Waals surface area contributed by atoms with E-state index in [1.807, 2.05) is 72.8 Å². The summed E-state index contributed by atoms with van der Waals surface area (Å²) in [5.74, 6) is -0.898. The fourth-order valence-corrected chi connectivity index (χ4v) is 3.38. The number of aliphatic carboxylic acids is 1. The maximum Gasteiger partial charge on any atom is 0.307 e. The molecular formula is C23H17ClN2O2. The minimum absolute atomic E-state index is 0.123. The van der Waals surface area contributed by atoms with Gasteiger partial charge in [0.1, 0.15) is 0 Å². The summed E-state index contributed by atoms with van der Waals surface area (Å²) < 4.78 is 1.80. The average Bonchev–Trinajstić information content (AvgIpc) is 3.08.